The molecule has 0 aliphatic carbocycles. The van der Waals surface area contributed by atoms with Crippen molar-refractivity contribution in [1.29, 1.82) is 0 Å². The molecule has 1 heterocycles. The molecule has 0 aliphatic heterocycles. The van der Waals surface area contributed by atoms with E-state index in [-0.39, 0.29) is 0 Å². The maximum Gasteiger partial charge on any atom is 0.163 e. The van der Waals surface area contributed by atoms with Crippen LogP contribution in [0.3, 0.4) is 0 Å². The molecule has 0 aliphatic rings. The number of H-pyrrole nitrogens is 1. The highest BCUT2D eigenvalue weighted by Crippen LogP contribution is 2.33. The summed E-state index contributed by atoms with van der Waals surface area (Å²) in [6, 6.07) is 19.2. The van der Waals surface area contributed by atoms with Gasteiger partial charge in [0.2, 0.25) is 0 Å². The molecule has 0 atom stereocenters. The van der Waals surface area contributed by atoms with Crippen LogP contribution in [0.2, 0.25) is 5.02 Å². The molecule has 0 amide bonds. The van der Waals surface area contributed by atoms with Crippen LogP contribution >= 0.6 is 11.6 Å². The average molecular weight is 395 g/mol. The summed E-state index contributed by atoms with van der Waals surface area (Å²) in [7, 11) is 3.22. The second-order valence-corrected chi connectivity index (χ2v) is 6.69. The van der Waals surface area contributed by atoms with Crippen LogP contribution in [0.15, 0.2) is 60.7 Å². The van der Waals surface area contributed by atoms with Crippen molar-refractivity contribution in [1.82, 2.24) is 9.97 Å². The molecule has 4 rings (SSSR count). The number of hydrogen-bond donors (Lipinski definition) is 1. The van der Waals surface area contributed by atoms with Gasteiger partial charge in [0, 0.05) is 22.7 Å². The average Bonchev–Trinajstić information content (AvgIpc) is 3.15. The van der Waals surface area contributed by atoms with Crippen molar-refractivity contribution in [3.05, 3.63) is 71.2 Å². The van der Waals surface area contributed by atoms with Gasteiger partial charge in [-0.3, -0.25) is 0 Å². The molecule has 0 saturated carbocycles. The monoisotopic (exact) mass is 394 g/mol. The number of nitrogens with one attached hydrogen (secondary N) is 1. The van der Waals surface area contributed by atoms with Crippen LogP contribution in [0.5, 0.6) is 17.2 Å². The first kappa shape index (κ1) is 18.2. The minimum absolute atomic E-state index is 0.467. The van der Waals surface area contributed by atoms with E-state index in [1.54, 1.807) is 14.2 Å². The van der Waals surface area contributed by atoms with Crippen LogP contribution in [0.4, 0.5) is 0 Å². The molecule has 3 aromatic carbocycles. The zero-order valence-corrected chi connectivity index (χ0v) is 16.3. The Morgan fingerprint density at radius 2 is 1.68 bits per heavy atom. The van der Waals surface area contributed by atoms with E-state index in [9.17, 15) is 0 Å². The zero-order valence-electron chi connectivity index (χ0n) is 15.5. The molecule has 0 saturated heterocycles. The first-order valence-electron chi connectivity index (χ1n) is 8.75. The van der Waals surface area contributed by atoms with E-state index >= 15 is 0 Å². The van der Waals surface area contributed by atoms with Gasteiger partial charge in [0.15, 0.2) is 11.5 Å². The number of rotatable bonds is 6. The lowest BCUT2D eigenvalue weighted by Crippen LogP contribution is -1.95. The number of ether oxygens (including phenoxy) is 3. The fourth-order valence-electron chi connectivity index (χ4n) is 2.95. The van der Waals surface area contributed by atoms with Gasteiger partial charge in [-0.15, -0.1) is 0 Å². The number of imidazole rings is 1. The van der Waals surface area contributed by atoms with Gasteiger partial charge in [-0.2, -0.15) is 0 Å². The number of fused-ring (bicyclic) bond motifs is 1. The van der Waals surface area contributed by atoms with E-state index < -0.39 is 0 Å². The predicted molar refractivity (Wildman–Crippen MR) is 110 cm³/mol. The topological polar surface area (TPSA) is 56.4 Å². The molecule has 0 fully saturated rings. The van der Waals surface area contributed by atoms with Gasteiger partial charge < -0.3 is 19.2 Å². The van der Waals surface area contributed by atoms with Gasteiger partial charge in [-0.25, -0.2) is 4.98 Å². The molecule has 28 heavy (non-hydrogen) atoms. The van der Waals surface area contributed by atoms with Crippen LogP contribution in [0.25, 0.3) is 22.4 Å². The minimum atomic E-state index is 0.467. The Morgan fingerprint density at radius 1 is 0.929 bits per heavy atom. The quantitative estimate of drug-likeness (QED) is 0.470. The van der Waals surface area contributed by atoms with Crippen LogP contribution in [-0.2, 0) is 6.61 Å². The van der Waals surface area contributed by atoms with E-state index in [1.807, 2.05) is 60.7 Å². The van der Waals surface area contributed by atoms with Gasteiger partial charge in [0.25, 0.3) is 0 Å². The van der Waals surface area contributed by atoms with Crippen molar-refractivity contribution in [2.24, 2.45) is 0 Å². The molecule has 6 heteroatoms. The summed E-state index contributed by atoms with van der Waals surface area (Å²) in [5, 5.41) is 0.712. The maximum absolute atomic E-state index is 5.92. The van der Waals surface area contributed by atoms with Gasteiger partial charge in [0.1, 0.15) is 18.2 Å². The normalized spacial score (nSPS) is 10.8. The second-order valence-electron chi connectivity index (χ2n) is 6.25. The molecular formula is C22H19ClN2O3. The number of halogens is 1. The standard InChI is InChI=1S/C22H19ClN2O3/c1-26-20-11-18-19(12-21(20)27-2)25-22(24-18)15-4-3-5-17(10-15)28-13-14-6-8-16(23)9-7-14/h3-12H,13H2,1-2H3,(H,24,25). The molecule has 0 radical (unpaired) electrons. The van der Waals surface area contributed by atoms with Gasteiger partial charge in [0.05, 0.1) is 25.3 Å². The van der Waals surface area contributed by atoms with Crippen LogP contribution in [-0.4, -0.2) is 24.2 Å². The van der Waals surface area contributed by atoms with Crippen LogP contribution in [0, 0.1) is 0 Å². The highest BCUT2D eigenvalue weighted by molar-refractivity contribution is 6.30. The third-order valence-corrected chi connectivity index (χ3v) is 4.67. The molecule has 142 valence electrons. The highest BCUT2D eigenvalue weighted by atomic mass is 35.5. The number of nitrogens with zero attached hydrogens (tertiary/aromatic N) is 1. The Morgan fingerprint density at radius 3 is 2.43 bits per heavy atom. The summed E-state index contributed by atoms with van der Waals surface area (Å²) in [6.45, 7) is 0.467. The Bertz CT molecular complexity index is 1070. The SMILES string of the molecule is COc1cc2nc(-c3cccc(OCc4ccc(Cl)cc4)c3)[nH]c2cc1OC. The molecule has 1 aromatic heterocycles. The third kappa shape index (κ3) is 3.75. The third-order valence-electron chi connectivity index (χ3n) is 4.41. The number of methoxy groups -OCH3 is 2. The lowest BCUT2D eigenvalue weighted by Gasteiger charge is -2.07. The highest BCUT2D eigenvalue weighted by Gasteiger charge is 2.11. The van der Waals surface area contributed by atoms with E-state index in [0.29, 0.717) is 23.1 Å². The Hall–Kier alpha value is -3.18. The summed E-state index contributed by atoms with van der Waals surface area (Å²) in [4.78, 5) is 8.00. The minimum Gasteiger partial charge on any atom is -0.493 e. The van der Waals surface area contributed by atoms with Crippen molar-refractivity contribution in [2.45, 2.75) is 6.61 Å². The Balaban J connectivity index is 1.59. The van der Waals surface area contributed by atoms with E-state index in [1.165, 1.54) is 0 Å². The van der Waals surface area contributed by atoms with E-state index in [0.717, 1.165) is 33.7 Å². The second kappa shape index (κ2) is 7.82. The van der Waals surface area contributed by atoms with E-state index in [2.05, 4.69) is 9.97 Å². The number of benzene rings is 3. The molecule has 4 aromatic rings. The fraction of sp³-hybridized carbons (Fsp3) is 0.136. The fourth-order valence-corrected chi connectivity index (χ4v) is 3.08. The predicted octanol–water partition coefficient (Wildman–Crippen LogP) is 5.48. The first-order valence-corrected chi connectivity index (χ1v) is 9.13. The molecule has 0 spiro atoms. The lowest BCUT2D eigenvalue weighted by atomic mass is 10.2. The summed E-state index contributed by atoms with van der Waals surface area (Å²) >= 11 is 5.92. The number of aromatic nitrogens is 2. The summed E-state index contributed by atoms with van der Waals surface area (Å²) in [5.41, 5.74) is 3.67. The van der Waals surface area contributed by atoms with Gasteiger partial charge >= 0.3 is 0 Å². The lowest BCUT2D eigenvalue weighted by molar-refractivity contribution is 0.306. The van der Waals surface area contributed by atoms with Gasteiger partial charge in [-0.1, -0.05) is 35.9 Å². The Kier molecular flexibility index (Phi) is 5.08. The van der Waals surface area contributed by atoms with Gasteiger partial charge in [-0.05, 0) is 29.8 Å². The van der Waals surface area contributed by atoms with Crippen molar-refractivity contribution in [2.75, 3.05) is 14.2 Å². The van der Waals surface area contributed by atoms with Crippen molar-refractivity contribution in [3.63, 3.8) is 0 Å². The smallest absolute Gasteiger partial charge is 0.163 e. The summed E-state index contributed by atoms with van der Waals surface area (Å²) < 4.78 is 16.6. The van der Waals surface area contributed by atoms with E-state index in [4.69, 9.17) is 25.8 Å². The molecule has 5 nitrogen and oxygen atoms in total. The summed E-state index contributed by atoms with van der Waals surface area (Å²) in [6.07, 6.45) is 0. The van der Waals surface area contributed by atoms with Crippen molar-refractivity contribution < 1.29 is 14.2 Å². The number of aromatic amines is 1. The summed E-state index contributed by atoms with van der Waals surface area (Å²) in [5.74, 6) is 2.82. The molecule has 0 bridgehead atoms. The molecular weight excluding hydrogens is 376 g/mol. The van der Waals surface area contributed by atoms with Crippen LogP contribution < -0.4 is 14.2 Å². The maximum atomic E-state index is 5.92. The molecule has 1 N–H and O–H groups in total. The van der Waals surface area contributed by atoms with Crippen LogP contribution in [0.1, 0.15) is 5.56 Å². The van der Waals surface area contributed by atoms with Crippen molar-refractivity contribution in [3.8, 4) is 28.6 Å². The molecule has 0 unspecified atom stereocenters. The largest absolute Gasteiger partial charge is 0.493 e. The zero-order chi connectivity index (χ0) is 19.5. The Labute approximate surface area is 167 Å². The first-order chi connectivity index (χ1) is 13.7. The van der Waals surface area contributed by atoms with Crippen molar-refractivity contribution >= 4 is 22.6 Å². The number of hydrogen-bond acceptors (Lipinski definition) is 4.